The molecule has 134 valence electrons. The number of hydrogen-bond acceptors (Lipinski definition) is 4. The van der Waals surface area contributed by atoms with Crippen LogP contribution in [0.5, 0.6) is 0 Å². The highest BCUT2D eigenvalue weighted by Crippen LogP contribution is 2.23. The average molecular weight is 352 g/mol. The van der Waals surface area contributed by atoms with Crippen molar-refractivity contribution in [3.8, 4) is 0 Å². The Labute approximate surface area is 150 Å². The van der Waals surface area contributed by atoms with Gasteiger partial charge in [-0.2, -0.15) is 5.10 Å². The maximum Gasteiger partial charge on any atom is 0.318 e. The van der Waals surface area contributed by atoms with Gasteiger partial charge in [0.25, 0.3) is 5.91 Å². The molecule has 0 aliphatic carbocycles. The van der Waals surface area contributed by atoms with Crippen LogP contribution in [0.3, 0.4) is 0 Å². The molecule has 2 aromatic heterocycles. The highest BCUT2D eigenvalue weighted by molar-refractivity contribution is 6.12. The van der Waals surface area contributed by atoms with E-state index in [1.54, 1.807) is 42.1 Å². The minimum atomic E-state index is -0.302. The lowest BCUT2D eigenvalue weighted by Crippen LogP contribution is -2.24. The van der Waals surface area contributed by atoms with Gasteiger partial charge in [-0.05, 0) is 44.2 Å². The van der Waals surface area contributed by atoms with Crippen LogP contribution in [0.4, 0.5) is 16.2 Å². The molecular formula is C18H20N6O2. The first kappa shape index (κ1) is 17.4. The molecule has 0 saturated heterocycles. The van der Waals surface area contributed by atoms with E-state index in [-0.39, 0.29) is 11.9 Å². The fourth-order valence-corrected chi connectivity index (χ4v) is 2.78. The average Bonchev–Trinajstić information content (AvgIpc) is 2.89. The normalized spacial score (nSPS) is 10.6. The molecule has 0 aliphatic rings. The molecule has 0 spiro atoms. The summed E-state index contributed by atoms with van der Waals surface area (Å²) in [5.74, 6) is -0.233. The number of carbonyl (C=O) groups excluding carboxylic acids is 2. The number of fused-ring (bicyclic) bond motifs is 1. The molecule has 3 N–H and O–H groups in total. The molecule has 0 radical (unpaired) electrons. The monoisotopic (exact) mass is 352 g/mol. The minimum absolute atomic E-state index is 0.233. The second-order valence-electron chi connectivity index (χ2n) is 5.95. The van der Waals surface area contributed by atoms with E-state index >= 15 is 0 Å². The van der Waals surface area contributed by atoms with Crippen LogP contribution in [0.2, 0.25) is 0 Å². The molecule has 0 saturated carbocycles. The van der Waals surface area contributed by atoms with Gasteiger partial charge in [0.1, 0.15) is 0 Å². The summed E-state index contributed by atoms with van der Waals surface area (Å²) in [7, 11) is 3.35. The van der Waals surface area contributed by atoms with Crippen LogP contribution in [0.1, 0.15) is 21.7 Å². The summed E-state index contributed by atoms with van der Waals surface area (Å²) >= 11 is 0. The largest absolute Gasteiger partial charge is 0.341 e. The zero-order valence-electron chi connectivity index (χ0n) is 15.0. The molecule has 0 bridgehead atoms. The number of urea groups is 1. The quantitative estimate of drug-likeness (QED) is 0.674. The molecule has 8 heteroatoms. The van der Waals surface area contributed by atoms with Gasteiger partial charge in [0.2, 0.25) is 0 Å². The van der Waals surface area contributed by atoms with Crippen molar-refractivity contribution in [2.24, 2.45) is 7.05 Å². The van der Waals surface area contributed by atoms with E-state index in [0.717, 1.165) is 16.8 Å². The molecule has 3 rings (SSSR count). The van der Waals surface area contributed by atoms with Gasteiger partial charge in [-0.1, -0.05) is 0 Å². The Balaban J connectivity index is 1.87. The fraction of sp³-hybridized carbons (Fsp3) is 0.222. The number of hydrogen-bond donors (Lipinski definition) is 3. The number of aryl methyl sites for hydroxylation is 3. The molecule has 8 nitrogen and oxygen atoms in total. The number of nitrogens with zero attached hydrogens (tertiary/aromatic N) is 3. The zero-order chi connectivity index (χ0) is 18.8. The maximum atomic E-state index is 12.8. The van der Waals surface area contributed by atoms with Crippen molar-refractivity contribution in [2.45, 2.75) is 13.8 Å². The van der Waals surface area contributed by atoms with Crippen LogP contribution < -0.4 is 16.0 Å². The number of rotatable bonds is 3. The van der Waals surface area contributed by atoms with Crippen molar-refractivity contribution in [2.75, 3.05) is 17.7 Å². The Bertz CT molecular complexity index is 991. The topological polar surface area (TPSA) is 101 Å². The van der Waals surface area contributed by atoms with Gasteiger partial charge in [0, 0.05) is 31.2 Å². The zero-order valence-corrected chi connectivity index (χ0v) is 15.0. The number of benzene rings is 1. The first-order valence-corrected chi connectivity index (χ1v) is 8.10. The highest BCUT2D eigenvalue weighted by Gasteiger charge is 2.17. The first-order chi connectivity index (χ1) is 12.4. The van der Waals surface area contributed by atoms with Gasteiger partial charge in [-0.3, -0.25) is 9.48 Å². The smallest absolute Gasteiger partial charge is 0.318 e. The molecule has 1 aromatic carbocycles. The van der Waals surface area contributed by atoms with Gasteiger partial charge < -0.3 is 16.0 Å². The van der Waals surface area contributed by atoms with E-state index in [1.165, 1.54) is 0 Å². The lowest BCUT2D eigenvalue weighted by molar-refractivity contribution is 0.102. The van der Waals surface area contributed by atoms with Crippen molar-refractivity contribution >= 4 is 34.3 Å². The molecule has 3 amide bonds. The second kappa shape index (κ2) is 6.83. The summed E-state index contributed by atoms with van der Waals surface area (Å²) in [6.07, 6.45) is 0. The Kier molecular flexibility index (Phi) is 4.57. The number of amides is 3. The van der Waals surface area contributed by atoms with E-state index in [1.807, 2.05) is 20.9 Å². The number of nitrogens with one attached hydrogen (secondary N) is 3. The molecule has 26 heavy (non-hydrogen) atoms. The molecule has 0 aliphatic heterocycles. The third kappa shape index (κ3) is 3.34. The van der Waals surface area contributed by atoms with Crippen LogP contribution in [0.25, 0.3) is 11.0 Å². The van der Waals surface area contributed by atoms with Gasteiger partial charge in [-0.15, -0.1) is 0 Å². The predicted molar refractivity (Wildman–Crippen MR) is 100 cm³/mol. The van der Waals surface area contributed by atoms with E-state index in [9.17, 15) is 9.59 Å². The van der Waals surface area contributed by atoms with Crippen LogP contribution in [0, 0.1) is 13.8 Å². The van der Waals surface area contributed by atoms with Crippen molar-refractivity contribution in [3.63, 3.8) is 0 Å². The molecule has 3 aromatic rings. The summed E-state index contributed by atoms with van der Waals surface area (Å²) < 4.78 is 1.67. The summed E-state index contributed by atoms with van der Waals surface area (Å²) in [6, 6.07) is 8.34. The van der Waals surface area contributed by atoms with Gasteiger partial charge in [0.05, 0.1) is 16.6 Å². The maximum absolute atomic E-state index is 12.8. The van der Waals surface area contributed by atoms with Gasteiger partial charge in [-0.25, -0.2) is 9.78 Å². The number of pyridine rings is 1. The Morgan fingerprint density at radius 1 is 1.04 bits per heavy atom. The van der Waals surface area contributed by atoms with E-state index in [0.29, 0.717) is 22.6 Å². The molecular weight excluding hydrogens is 332 g/mol. The van der Waals surface area contributed by atoms with E-state index in [4.69, 9.17) is 0 Å². The molecule has 2 heterocycles. The van der Waals surface area contributed by atoms with E-state index < -0.39 is 0 Å². The standard InChI is InChI=1S/C18H20N6O2/c1-10-9-14(15-11(2)23-24(4)16(15)20-10)17(25)21-12-5-7-13(8-6-12)22-18(26)19-3/h5-9H,1-4H3,(H,21,25)(H2,19,22,26). The first-order valence-electron chi connectivity index (χ1n) is 8.10. The summed E-state index contributed by atoms with van der Waals surface area (Å²) in [4.78, 5) is 28.6. The van der Waals surface area contributed by atoms with Crippen LogP contribution in [0.15, 0.2) is 30.3 Å². The summed E-state index contributed by atoms with van der Waals surface area (Å²) in [6.45, 7) is 3.70. The van der Waals surface area contributed by atoms with E-state index in [2.05, 4.69) is 26.0 Å². The Hall–Kier alpha value is -3.42. The molecule has 0 unspecified atom stereocenters. The van der Waals surface area contributed by atoms with Crippen LogP contribution >= 0.6 is 0 Å². The fourth-order valence-electron chi connectivity index (χ4n) is 2.78. The Morgan fingerprint density at radius 3 is 2.27 bits per heavy atom. The number of anilines is 2. The van der Waals surface area contributed by atoms with Crippen molar-refractivity contribution in [3.05, 3.63) is 47.3 Å². The summed E-state index contributed by atoms with van der Waals surface area (Å²) in [5.41, 5.74) is 3.97. The second-order valence-corrected chi connectivity index (χ2v) is 5.95. The SMILES string of the molecule is CNC(=O)Nc1ccc(NC(=O)c2cc(C)nc3c2c(C)nn3C)cc1. The highest BCUT2D eigenvalue weighted by atomic mass is 16.2. The van der Waals surface area contributed by atoms with Crippen molar-refractivity contribution < 1.29 is 9.59 Å². The minimum Gasteiger partial charge on any atom is -0.341 e. The Morgan fingerprint density at radius 2 is 1.65 bits per heavy atom. The molecule has 0 fully saturated rings. The van der Waals surface area contributed by atoms with Crippen molar-refractivity contribution in [1.29, 1.82) is 0 Å². The number of carbonyl (C=O) groups is 2. The third-order valence-corrected chi connectivity index (χ3v) is 3.97. The summed E-state index contributed by atoms with van der Waals surface area (Å²) in [5, 5.41) is 13.1. The predicted octanol–water partition coefficient (Wildman–Crippen LogP) is 2.59. The lowest BCUT2D eigenvalue weighted by atomic mass is 10.1. The molecule has 0 atom stereocenters. The van der Waals surface area contributed by atoms with Crippen LogP contribution in [-0.4, -0.2) is 33.8 Å². The van der Waals surface area contributed by atoms with Gasteiger partial charge >= 0.3 is 6.03 Å². The van der Waals surface area contributed by atoms with Gasteiger partial charge in [0.15, 0.2) is 5.65 Å². The third-order valence-electron chi connectivity index (χ3n) is 3.97. The van der Waals surface area contributed by atoms with Crippen molar-refractivity contribution in [1.82, 2.24) is 20.1 Å². The number of aromatic nitrogens is 3. The lowest BCUT2D eigenvalue weighted by Gasteiger charge is -2.09. The van der Waals surface area contributed by atoms with Crippen LogP contribution in [-0.2, 0) is 7.05 Å².